The van der Waals surface area contributed by atoms with Gasteiger partial charge in [-0.1, -0.05) is 23.4 Å². The molecule has 2 aliphatic rings. The van der Waals surface area contributed by atoms with Gasteiger partial charge in [0.05, 0.1) is 17.1 Å². The number of thiophene rings is 1. The summed E-state index contributed by atoms with van der Waals surface area (Å²) in [6, 6.07) is 10.9. The number of hydrogen-bond acceptors (Lipinski definition) is 12. The van der Waals surface area contributed by atoms with E-state index in [2.05, 4.69) is 20.8 Å². The quantitative estimate of drug-likeness (QED) is 0.0835. The van der Waals surface area contributed by atoms with Gasteiger partial charge in [-0.3, -0.25) is 24.6 Å². The van der Waals surface area contributed by atoms with Crippen LogP contribution in [0.25, 0.3) is 10.1 Å². The van der Waals surface area contributed by atoms with E-state index in [0.717, 1.165) is 21.2 Å². The van der Waals surface area contributed by atoms with E-state index in [-0.39, 0.29) is 29.7 Å². The molecule has 0 saturated carbocycles. The molecule has 1 fully saturated rings. The minimum absolute atomic E-state index is 0.153. The first-order chi connectivity index (χ1) is 20.8. The molecule has 5 heterocycles. The number of hydrogen-bond donors (Lipinski definition) is 3. The molecule has 16 heteroatoms. The maximum Gasteiger partial charge on any atom is 0.437 e. The van der Waals surface area contributed by atoms with Crippen LogP contribution in [0.1, 0.15) is 5.69 Å². The Balaban J connectivity index is 1.18. The summed E-state index contributed by atoms with van der Waals surface area (Å²) in [4.78, 5) is 60.7. The summed E-state index contributed by atoms with van der Waals surface area (Å²) >= 11 is 2.89. The van der Waals surface area contributed by atoms with Crippen molar-refractivity contribution in [3.05, 3.63) is 83.5 Å². The number of nitrogens with zero attached hydrogens (tertiary/aromatic N) is 4. The SMILES string of the molecule is Nc1nc(C(=NOC(=O)Nc2ccccc2)C(=O)NC2C(=O)N3C(C(=O)[O-])=C(C[n+]4ccc5sccc5c4)CS[C@@H]23)co1. The molecule has 6 rings (SSSR count). The molecule has 4 N–H and O–H groups in total. The molecule has 3 aromatic heterocycles. The third kappa shape index (κ3) is 5.64. The molecule has 2 aliphatic heterocycles. The number of fused-ring (bicyclic) bond motifs is 2. The molecule has 218 valence electrons. The van der Waals surface area contributed by atoms with Crippen molar-refractivity contribution < 1.29 is 38.1 Å². The molecule has 43 heavy (non-hydrogen) atoms. The number of aromatic nitrogens is 2. The van der Waals surface area contributed by atoms with Crippen LogP contribution in [0.2, 0.25) is 0 Å². The second-order valence-electron chi connectivity index (χ2n) is 9.34. The molecule has 0 radical (unpaired) electrons. The number of β-lactam (4-membered cyclic amide) rings is 1. The highest BCUT2D eigenvalue weighted by molar-refractivity contribution is 8.00. The van der Waals surface area contributed by atoms with Gasteiger partial charge >= 0.3 is 6.09 Å². The van der Waals surface area contributed by atoms with E-state index >= 15 is 0 Å². The number of nitrogens with one attached hydrogen (secondary N) is 2. The maximum atomic E-state index is 13.3. The maximum absolute atomic E-state index is 13.3. The average molecular weight is 620 g/mol. The number of anilines is 2. The topological polar surface area (TPSA) is 196 Å². The van der Waals surface area contributed by atoms with Crippen LogP contribution in [-0.4, -0.2) is 56.6 Å². The number of pyridine rings is 1. The van der Waals surface area contributed by atoms with Crippen molar-refractivity contribution in [1.82, 2.24) is 15.2 Å². The lowest BCUT2D eigenvalue weighted by atomic mass is 10.0. The summed E-state index contributed by atoms with van der Waals surface area (Å²) < 4.78 is 7.90. The number of thioether (sulfide) groups is 1. The predicted molar refractivity (Wildman–Crippen MR) is 153 cm³/mol. The molecule has 4 aromatic rings. The highest BCUT2D eigenvalue weighted by atomic mass is 32.2. The van der Waals surface area contributed by atoms with Crippen molar-refractivity contribution in [2.75, 3.05) is 16.8 Å². The number of rotatable bonds is 8. The number of oxazole rings is 1. The van der Waals surface area contributed by atoms with E-state index < -0.39 is 41.0 Å². The van der Waals surface area contributed by atoms with Gasteiger partial charge in [-0.25, -0.2) is 9.36 Å². The highest BCUT2D eigenvalue weighted by Gasteiger charge is 2.53. The van der Waals surface area contributed by atoms with Crippen LogP contribution in [0.5, 0.6) is 0 Å². The zero-order valence-corrected chi connectivity index (χ0v) is 23.6. The highest BCUT2D eigenvalue weighted by Crippen LogP contribution is 2.40. The molecule has 0 aliphatic carbocycles. The third-order valence-electron chi connectivity index (χ3n) is 6.57. The van der Waals surface area contributed by atoms with Gasteiger partial charge in [-0.15, -0.1) is 23.1 Å². The van der Waals surface area contributed by atoms with Gasteiger partial charge in [0.2, 0.25) is 0 Å². The van der Waals surface area contributed by atoms with Crippen LogP contribution in [0, 0.1) is 0 Å². The lowest BCUT2D eigenvalue weighted by molar-refractivity contribution is -0.687. The lowest BCUT2D eigenvalue weighted by Gasteiger charge is -2.50. The summed E-state index contributed by atoms with van der Waals surface area (Å²) in [7, 11) is 0. The number of nitrogens with two attached hydrogens (primary N) is 1. The molecule has 14 nitrogen and oxygen atoms in total. The molecule has 1 saturated heterocycles. The zero-order valence-electron chi connectivity index (χ0n) is 22.0. The number of benzene rings is 1. The largest absolute Gasteiger partial charge is 0.543 e. The van der Waals surface area contributed by atoms with Crippen LogP contribution < -0.4 is 26.0 Å². The Morgan fingerprint density at radius 1 is 1.23 bits per heavy atom. The van der Waals surface area contributed by atoms with Crippen LogP contribution in [0.3, 0.4) is 0 Å². The van der Waals surface area contributed by atoms with Crippen molar-refractivity contribution in [2.24, 2.45) is 5.16 Å². The first kappa shape index (κ1) is 27.9. The molecule has 1 aromatic carbocycles. The van der Waals surface area contributed by atoms with Gasteiger partial charge in [0.15, 0.2) is 24.7 Å². The summed E-state index contributed by atoms with van der Waals surface area (Å²) in [5.74, 6) is -2.79. The van der Waals surface area contributed by atoms with Crippen LogP contribution in [0.4, 0.5) is 16.5 Å². The van der Waals surface area contributed by atoms with E-state index in [1.165, 1.54) is 11.8 Å². The number of oxime groups is 1. The van der Waals surface area contributed by atoms with Crippen LogP contribution >= 0.6 is 23.1 Å². The van der Waals surface area contributed by atoms with Gasteiger partial charge in [0, 0.05) is 27.8 Å². The molecule has 0 bridgehead atoms. The second-order valence-corrected chi connectivity index (χ2v) is 11.4. The van der Waals surface area contributed by atoms with Crippen molar-refractivity contribution in [3.63, 3.8) is 0 Å². The van der Waals surface area contributed by atoms with E-state index in [1.54, 1.807) is 41.7 Å². The van der Waals surface area contributed by atoms with Crippen molar-refractivity contribution >= 4 is 74.5 Å². The number of carboxylic acid groups (broad SMARTS) is 1. The Labute approximate surface area is 250 Å². The molecule has 0 spiro atoms. The Hall–Kier alpha value is -5.22. The van der Waals surface area contributed by atoms with Gasteiger partial charge in [-0.2, -0.15) is 4.98 Å². The number of carboxylic acids is 1. The van der Waals surface area contributed by atoms with E-state index in [4.69, 9.17) is 15.0 Å². The van der Waals surface area contributed by atoms with Crippen molar-refractivity contribution in [2.45, 2.75) is 18.0 Å². The molecular weight excluding hydrogens is 598 g/mol. The fraction of sp³-hybridized carbons (Fsp3) is 0.148. The smallest absolute Gasteiger partial charge is 0.437 e. The first-order valence-electron chi connectivity index (χ1n) is 12.7. The van der Waals surface area contributed by atoms with E-state index in [9.17, 15) is 24.3 Å². The number of para-hydroxylation sites is 1. The second kappa shape index (κ2) is 11.6. The van der Waals surface area contributed by atoms with E-state index in [1.807, 2.05) is 34.5 Å². The van der Waals surface area contributed by atoms with Gasteiger partial charge in [0.1, 0.15) is 23.4 Å². The third-order valence-corrected chi connectivity index (χ3v) is 8.81. The summed E-state index contributed by atoms with van der Waals surface area (Å²) in [6.07, 6.45) is 3.79. The predicted octanol–water partition coefficient (Wildman–Crippen LogP) is 0.816. The number of carbonyl (C=O) groups excluding carboxylic acids is 4. The fourth-order valence-corrected chi connectivity index (χ4v) is 6.72. The molecule has 2 atom stereocenters. The standard InChI is InChI=1S/C27H21N7O7S2/c28-26-30-17(12-40-26)19(32-41-27(39)29-16-4-2-1-3-5-16)22(35)31-20-23(36)34-21(25(37)38)15(13-43-24(20)34)11-33-8-6-18-14(10-33)7-9-42-18/h1-10,12,20,24H,11,13H2,(H4-,28,29,30,31,35,37,38,39)/t20?,24-/m0/s1. The Bertz CT molecular complexity index is 1820. The fourth-order valence-electron chi connectivity index (χ4n) is 4.63. The van der Waals surface area contributed by atoms with Crippen molar-refractivity contribution in [3.8, 4) is 0 Å². The minimum atomic E-state index is -1.49. The summed E-state index contributed by atoms with van der Waals surface area (Å²) in [5, 5.41) is 23.1. The Kier molecular flexibility index (Phi) is 7.52. The molecule has 1 unspecified atom stereocenters. The average Bonchev–Trinajstić information content (AvgIpc) is 3.64. The summed E-state index contributed by atoms with van der Waals surface area (Å²) in [6.45, 7) is 0.238. The van der Waals surface area contributed by atoms with E-state index in [0.29, 0.717) is 11.3 Å². The minimum Gasteiger partial charge on any atom is -0.543 e. The number of amides is 3. The van der Waals surface area contributed by atoms with Crippen LogP contribution in [-0.2, 0) is 25.8 Å². The van der Waals surface area contributed by atoms with Gasteiger partial charge in [0.25, 0.3) is 17.8 Å². The Morgan fingerprint density at radius 3 is 2.79 bits per heavy atom. The first-order valence-corrected chi connectivity index (χ1v) is 14.6. The molecular formula is C27H21N7O7S2. The van der Waals surface area contributed by atoms with Crippen molar-refractivity contribution in [1.29, 1.82) is 0 Å². The summed E-state index contributed by atoms with van der Waals surface area (Å²) in [5.41, 5.74) is 5.59. The van der Waals surface area contributed by atoms with Crippen LogP contribution in [0.15, 0.2) is 87.3 Å². The Morgan fingerprint density at radius 2 is 2.05 bits per heavy atom. The molecule has 3 amide bonds. The zero-order chi connectivity index (χ0) is 30.1. The monoisotopic (exact) mass is 619 g/mol. The van der Waals surface area contributed by atoms with Gasteiger partial charge < -0.3 is 25.4 Å². The number of aliphatic carboxylic acids is 1. The normalized spacial score (nSPS) is 18.2. The number of carbonyl (C=O) groups is 4. The number of nitrogen functional groups attached to an aromatic ring is 1. The van der Waals surface area contributed by atoms with Gasteiger partial charge in [-0.05, 0) is 23.6 Å². The lowest BCUT2D eigenvalue weighted by Crippen LogP contribution is -2.71.